The highest BCUT2D eigenvalue weighted by Gasteiger charge is 2.13. The zero-order valence-electron chi connectivity index (χ0n) is 11.3. The molecule has 104 valence electrons. The van der Waals surface area contributed by atoms with Gasteiger partial charge in [-0.2, -0.15) is 4.98 Å². The molecular weight excluding hydrogens is 264 g/mol. The zero-order chi connectivity index (χ0) is 13.7. The first kappa shape index (κ1) is 14.1. The molecule has 0 bridgehead atoms. The lowest BCUT2D eigenvalue weighted by molar-refractivity contribution is 0.165. The van der Waals surface area contributed by atoms with Crippen molar-refractivity contribution in [3.63, 3.8) is 0 Å². The van der Waals surface area contributed by atoms with Gasteiger partial charge in [-0.25, -0.2) is 4.98 Å². The average Bonchev–Trinajstić information content (AvgIpc) is 2.99. The van der Waals surface area contributed by atoms with Crippen molar-refractivity contribution in [1.29, 1.82) is 0 Å². The molecule has 2 aromatic heterocycles. The number of nitrogens with zero attached hydrogens (tertiary/aromatic N) is 3. The Balaban J connectivity index is 1.94. The molecule has 7 heteroatoms. The Morgan fingerprint density at radius 2 is 2.32 bits per heavy atom. The molecule has 2 rings (SSSR count). The van der Waals surface area contributed by atoms with Gasteiger partial charge in [0.05, 0.1) is 23.7 Å². The predicted octanol–water partition coefficient (Wildman–Crippen LogP) is 1.20. The molecule has 1 atom stereocenters. The van der Waals surface area contributed by atoms with Crippen LogP contribution in [-0.4, -0.2) is 41.9 Å². The molecule has 2 aromatic rings. The largest absolute Gasteiger partial charge is 0.383 e. The van der Waals surface area contributed by atoms with Gasteiger partial charge in [0.1, 0.15) is 0 Å². The minimum Gasteiger partial charge on any atom is -0.383 e. The monoisotopic (exact) mass is 282 g/mol. The first-order chi connectivity index (χ1) is 9.21. The number of rotatable bonds is 7. The van der Waals surface area contributed by atoms with E-state index >= 15 is 0 Å². The summed E-state index contributed by atoms with van der Waals surface area (Å²) in [6, 6.07) is 0.180. The minimum atomic E-state index is 0.180. The second-order valence-electron chi connectivity index (χ2n) is 4.28. The quantitative estimate of drug-likeness (QED) is 0.822. The fraction of sp³-hybridized carbons (Fsp3) is 0.583. The van der Waals surface area contributed by atoms with Crippen LogP contribution < -0.4 is 5.32 Å². The predicted molar refractivity (Wildman–Crippen MR) is 72.4 cm³/mol. The molecule has 2 heterocycles. The van der Waals surface area contributed by atoms with E-state index in [1.807, 2.05) is 19.4 Å². The molecule has 19 heavy (non-hydrogen) atoms. The third-order valence-corrected chi connectivity index (χ3v) is 3.54. The van der Waals surface area contributed by atoms with Crippen molar-refractivity contribution in [3.05, 3.63) is 27.8 Å². The van der Waals surface area contributed by atoms with Gasteiger partial charge in [-0.1, -0.05) is 5.16 Å². The summed E-state index contributed by atoms with van der Waals surface area (Å²) in [7, 11) is 3.56. The van der Waals surface area contributed by atoms with Gasteiger partial charge in [0, 0.05) is 25.0 Å². The Kier molecular flexibility index (Phi) is 5.00. The number of methoxy groups -OCH3 is 1. The van der Waals surface area contributed by atoms with Gasteiger partial charge in [-0.3, -0.25) is 0 Å². The molecule has 0 radical (unpaired) electrons. The van der Waals surface area contributed by atoms with Crippen molar-refractivity contribution in [2.45, 2.75) is 25.8 Å². The van der Waals surface area contributed by atoms with Crippen molar-refractivity contribution in [1.82, 2.24) is 20.4 Å². The number of thiazole rings is 1. The van der Waals surface area contributed by atoms with Crippen LogP contribution in [0.5, 0.6) is 0 Å². The molecule has 0 spiro atoms. The number of nitrogens with one attached hydrogen (secondary N) is 1. The summed E-state index contributed by atoms with van der Waals surface area (Å²) >= 11 is 1.63. The first-order valence-corrected chi connectivity index (χ1v) is 6.98. The fourth-order valence-corrected chi connectivity index (χ4v) is 2.37. The first-order valence-electron chi connectivity index (χ1n) is 6.10. The molecule has 0 aromatic carbocycles. The van der Waals surface area contributed by atoms with E-state index in [1.54, 1.807) is 18.4 Å². The summed E-state index contributed by atoms with van der Waals surface area (Å²) in [5.74, 6) is 1.30. The average molecular weight is 282 g/mol. The number of hydrogen-bond acceptors (Lipinski definition) is 7. The third-order valence-electron chi connectivity index (χ3n) is 2.71. The van der Waals surface area contributed by atoms with Crippen molar-refractivity contribution in [3.8, 4) is 0 Å². The fourth-order valence-electron chi connectivity index (χ4n) is 1.75. The van der Waals surface area contributed by atoms with Crippen molar-refractivity contribution >= 4 is 11.3 Å². The number of likely N-dealkylation sites (N-methyl/N-ethyl adjacent to an activating group) is 1. The SMILES string of the molecule is CNC(COC)Cc1nc(Cc2csc(C)n2)no1. The van der Waals surface area contributed by atoms with Crippen LogP contribution in [0.25, 0.3) is 0 Å². The van der Waals surface area contributed by atoms with Gasteiger partial charge < -0.3 is 14.6 Å². The van der Waals surface area contributed by atoms with E-state index in [-0.39, 0.29) is 6.04 Å². The van der Waals surface area contributed by atoms with Gasteiger partial charge in [0.2, 0.25) is 5.89 Å². The minimum absolute atomic E-state index is 0.180. The molecular formula is C12H18N4O2S. The lowest BCUT2D eigenvalue weighted by Gasteiger charge is -2.11. The van der Waals surface area contributed by atoms with Crippen LogP contribution in [-0.2, 0) is 17.6 Å². The maximum absolute atomic E-state index is 5.24. The third kappa shape index (κ3) is 4.09. The van der Waals surface area contributed by atoms with Crippen molar-refractivity contribution < 1.29 is 9.26 Å². The zero-order valence-corrected chi connectivity index (χ0v) is 12.2. The topological polar surface area (TPSA) is 73.1 Å². The van der Waals surface area contributed by atoms with E-state index < -0.39 is 0 Å². The Hall–Kier alpha value is -1.31. The molecule has 1 unspecified atom stereocenters. The summed E-state index contributed by atoms with van der Waals surface area (Å²) in [6.45, 7) is 2.59. The van der Waals surface area contributed by atoms with Gasteiger partial charge in [0.25, 0.3) is 0 Å². The summed E-state index contributed by atoms with van der Waals surface area (Å²) < 4.78 is 10.4. The maximum Gasteiger partial charge on any atom is 0.228 e. The van der Waals surface area contributed by atoms with Crippen LogP contribution in [0.3, 0.4) is 0 Å². The van der Waals surface area contributed by atoms with E-state index in [2.05, 4.69) is 20.4 Å². The van der Waals surface area contributed by atoms with E-state index in [4.69, 9.17) is 9.26 Å². The van der Waals surface area contributed by atoms with Crippen LogP contribution >= 0.6 is 11.3 Å². The number of aryl methyl sites for hydroxylation is 1. The standard InChI is InChI=1S/C12H18N4O2S/c1-8-14-10(7-19-8)4-11-15-12(18-16-11)5-9(13-2)6-17-3/h7,9,13H,4-6H2,1-3H3. The smallest absolute Gasteiger partial charge is 0.228 e. The second kappa shape index (κ2) is 6.74. The number of aromatic nitrogens is 3. The molecule has 0 amide bonds. The summed E-state index contributed by atoms with van der Waals surface area (Å²) in [5, 5.41) is 10.2. The Bertz CT molecular complexity index is 511. The highest BCUT2D eigenvalue weighted by Crippen LogP contribution is 2.12. The molecule has 1 N–H and O–H groups in total. The summed E-state index contributed by atoms with van der Waals surface area (Å²) in [4.78, 5) is 8.76. The van der Waals surface area contributed by atoms with E-state index in [0.29, 0.717) is 31.2 Å². The van der Waals surface area contributed by atoms with Crippen LogP contribution in [0.4, 0.5) is 0 Å². The van der Waals surface area contributed by atoms with E-state index in [1.165, 1.54) is 0 Å². The Labute approximate surface area is 116 Å². The van der Waals surface area contributed by atoms with Crippen LogP contribution in [0.1, 0.15) is 22.4 Å². The van der Waals surface area contributed by atoms with Gasteiger partial charge >= 0.3 is 0 Å². The lowest BCUT2D eigenvalue weighted by atomic mass is 10.2. The highest BCUT2D eigenvalue weighted by atomic mass is 32.1. The van der Waals surface area contributed by atoms with Gasteiger partial charge in [-0.05, 0) is 14.0 Å². The second-order valence-corrected chi connectivity index (χ2v) is 5.35. The van der Waals surface area contributed by atoms with E-state index in [0.717, 1.165) is 10.7 Å². The molecule has 6 nitrogen and oxygen atoms in total. The van der Waals surface area contributed by atoms with Crippen LogP contribution in [0.2, 0.25) is 0 Å². The molecule has 0 fully saturated rings. The van der Waals surface area contributed by atoms with Crippen molar-refractivity contribution in [2.75, 3.05) is 20.8 Å². The van der Waals surface area contributed by atoms with Crippen LogP contribution in [0.15, 0.2) is 9.90 Å². The van der Waals surface area contributed by atoms with Crippen molar-refractivity contribution in [2.24, 2.45) is 0 Å². The number of ether oxygens (including phenoxy) is 1. The normalized spacial score (nSPS) is 12.8. The molecule has 0 aliphatic heterocycles. The van der Waals surface area contributed by atoms with E-state index in [9.17, 15) is 0 Å². The molecule has 0 saturated carbocycles. The molecule has 0 aliphatic rings. The van der Waals surface area contributed by atoms with Crippen LogP contribution in [0, 0.1) is 6.92 Å². The Morgan fingerprint density at radius 3 is 2.95 bits per heavy atom. The summed E-state index contributed by atoms with van der Waals surface area (Å²) in [6.07, 6.45) is 1.27. The highest BCUT2D eigenvalue weighted by molar-refractivity contribution is 7.09. The maximum atomic E-state index is 5.24. The molecule has 0 aliphatic carbocycles. The summed E-state index contributed by atoms with van der Waals surface area (Å²) in [5.41, 5.74) is 0.983. The van der Waals surface area contributed by atoms with Gasteiger partial charge in [-0.15, -0.1) is 11.3 Å². The Morgan fingerprint density at radius 1 is 1.47 bits per heavy atom. The number of hydrogen-bond donors (Lipinski definition) is 1. The van der Waals surface area contributed by atoms with Gasteiger partial charge in [0.15, 0.2) is 5.82 Å². The lowest BCUT2D eigenvalue weighted by Crippen LogP contribution is -2.32. The molecule has 0 saturated heterocycles.